The summed E-state index contributed by atoms with van der Waals surface area (Å²) in [5, 5.41) is 0. The molecule has 1 aliphatic carbocycles. The lowest BCUT2D eigenvalue weighted by atomic mass is 9.90. The number of hydrogen-bond donors (Lipinski definition) is 2. The summed E-state index contributed by atoms with van der Waals surface area (Å²) in [5.41, 5.74) is 9.50. The molecule has 1 aromatic heterocycles. The van der Waals surface area contributed by atoms with Gasteiger partial charge in [0.15, 0.2) is 0 Å². The van der Waals surface area contributed by atoms with Crippen LogP contribution >= 0.6 is 0 Å². The summed E-state index contributed by atoms with van der Waals surface area (Å²) in [5.74, 6) is 2.54. The number of nitrogens with two attached hydrogens (primary N) is 1. The number of methoxy groups -OCH3 is 1. The Morgan fingerprint density at radius 1 is 1.45 bits per heavy atom. The van der Waals surface area contributed by atoms with Crippen LogP contribution in [0.1, 0.15) is 29.2 Å². The molecule has 1 atom stereocenters. The minimum atomic E-state index is 0.604. The first-order valence-corrected chi connectivity index (χ1v) is 7.18. The predicted molar refractivity (Wildman–Crippen MR) is 79.0 cm³/mol. The number of aromatic nitrogens is 2. The number of rotatable bonds is 4. The Labute approximate surface area is 119 Å². The number of benzene rings is 1. The van der Waals surface area contributed by atoms with E-state index in [2.05, 4.69) is 17.1 Å². The van der Waals surface area contributed by atoms with E-state index in [9.17, 15) is 0 Å². The van der Waals surface area contributed by atoms with Gasteiger partial charge in [0.05, 0.1) is 12.8 Å². The van der Waals surface area contributed by atoms with Gasteiger partial charge in [-0.2, -0.15) is 0 Å². The topological polar surface area (TPSA) is 63.9 Å². The van der Waals surface area contributed by atoms with Gasteiger partial charge in [-0.25, -0.2) is 4.98 Å². The Morgan fingerprint density at radius 2 is 2.35 bits per heavy atom. The summed E-state index contributed by atoms with van der Waals surface area (Å²) >= 11 is 0. The minimum absolute atomic E-state index is 0.604. The van der Waals surface area contributed by atoms with Crippen LogP contribution in [-0.2, 0) is 19.3 Å². The standard InChI is InChI=1S/C16H21N3O/c1-20-13-4-2-3-11(7-13)9-16-18-14-6-5-12(10-17)8-15(14)19-16/h2-4,7,12H,5-6,8-10,17H2,1H3,(H,18,19). The van der Waals surface area contributed by atoms with E-state index < -0.39 is 0 Å². The molecule has 0 saturated carbocycles. The number of nitrogens with zero attached hydrogens (tertiary/aromatic N) is 1. The van der Waals surface area contributed by atoms with Crippen molar-refractivity contribution in [2.45, 2.75) is 25.7 Å². The van der Waals surface area contributed by atoms with Crippen molar-refractivity contribution in [1.29, 1.82) is 0 Å². The molecule has 0 aliphatic heterocycles. The van der Waals surface area contributed by atoms with Gasteiger partial charge in [-0.3, -0.25) is 0 Å². The molecule has 3 rings (SSSR count). The summed E-state index contributed by atoms with van der Waals surface area (Å²) in [7, 11) is 1.69. The van der Waals surface area contributed by atoms with Crippen LogP contribution in [0.4, 0.5) is 0 Å². The number of hydrogen-bond acceptors (Lipinski definition) is 3. The Morgan fingerprint density at radius 3 is 3.15 bits per heavy atom. The van der Waals surface area contributed by atoms with Crippen molar-refractivity contribution in [2.24, 2.45) is 11.7 Å². The molecule has 0 spiro atoms. The summed E-state index contributed by atoms with van der Waals surface area (Å²) in [4.78, 5) is 8.21. The zero-order valence-corrected chi connectivity index (χ0v) is 11.9. The number of aromatic amines is 1. The zero-order chi connectivity index (χ0) is 13.9. The molecule has 2 aromatic rings. The van der Waals surface area contributed by atoms with E-state index in [4.69, 9.17) is 15.5 Å². The van der Waals surface area contributed by atoms with E-state index in [1.807, 2.05) is 12.1 Å². The molecule has 3 N–H and O–H groups in total. The second-order valence-electron chi connectivity index (χ2n) is 5.48. The number of aryl methyl sites for hydroxylation is 1. The van der Waals surface area contributed by atoms with E-state index in [-0.39, 0.29) is 0 Å². The van der Waals surface area contributed by atoms with E-state index in [1.54, 1.807) is 7.11 Å². The van der Waals surface area contributed by atoms with Crippen LogP contribution < -0.4 is 10.5 Å². The van der Waals surface area contributed by atoms with Crippen molar-refractivity contribution in [2.75, 3.05) is 13.7 Å². The average Bonchev–Trinajstić information content (AvgIpc) is 2.88. The molecule has 0 fully saturated rings. The number of fused-ring (bicyclic) bond motifs is 1. The van der Waals surface area contributed by atoms with Crippen LogP contribution in [0.3, 0.4) is 0 Å². The van der Waals surface area contributed by atoms with E-state index >= 15 is 0 Å². The number of ether oxygens (including phenoxy) is 1. The monoisotopic (exact) mass is 271 g/mol. The normalized spacial score (nSPS) is 17.8. The molecule has 1 heterocycles. The van der Waals surface area contributed by atoms with E-state index in [0.717, 1.165) is 43.8 Å². The van der Waals surface area contributed by atoms with Crippen LogP contribution in [0.2, 0.25) is 0 Å². The molecule has 1 unspecified atom stereocenters. The Balaban J connectivity index is 1.77. The smallest absolute Gasteiger partial charge is 0.119 e. The van der Waals surface area contributed by atoms with Crippen molar-refractivity contribution in [3.63, 3.8) is 0 Å². The molecule has 0 bridgehead atoms. The van der Waals surface area contributed by atoms with Gasteiger partial charge in [-0.1, -0.05) is 12.1 Å². The third-order valence-corrected chi connectivity index (χ3v) is 4.03. The van der Waals surface area contributed by atoms with Gasteiger partial charge in [0, 0.05) is 12.1 Å². The molecule has 4 nitrogen and oxygen atoms in total. The van der Waals surface area contributed by atoms with Gasteiger partial charge in [-0.05, 0) is 49.4 Å². The van der Waals surface area contributed by atoms with Crippen molar-refractivity contribution >= 4 is 0 Å². The molecule has 1 aromatic carbocycles. The first-order chi connectivity index (χ1) is 9.78. The highest BCUT2D eigenvalue weighted by Gasteiger charge is 2.21. The Hall–Kier alpha value is -1.81. The van der Waals surface area contributed by atoms with Crippen LogP contribution in [0.25, 0.3) is 0 Å². The highest BCUT2D eigenvalue weighted by atomic mass is 16.5. The summed E-state index contributed by atoms with van der Waals surface area (Å²) < 4.78 is 5.26. The third kappa shape index (κ3) is 2.70. The largest absolute Gasteiger partial charge is 0.497 e. The fourth-order valence-corrected chi connectivity index (χ4v) is 2.87. The van der Waals surface area contributed by atoms with Crippen molar-refractivity contribution in [3.05, 3.63) is 47.0 Å². The Kier molecular flexibility index (Phi) is 3.74. The lowest BCUT2D eigenvalue weighted by molar-refractivity contribution is 0.414. The SMILES string of the molecule is COc1cccc(Cc2nc3c([nH]2)CC(CN)CC3)c1. The van der Waals surface area contributed by atoms with Crippen molar-refractivity contribution in [3.8, 4) is 5.75 Å². The average molecular weight is 271 g/mol. The maximum Gasteiger partial charge on any atom is 0.119 e. The quantitative estimate of drug-likeness (QED) is 0.894. The van der Waals surface area contributed by atoms with Crippen LogP contribution in [0, 0.1) is 5.92 Å². The lowest BCUT2D eigenvalue weighted by Crippen LogP contribution is -2.22. The predicted octanol–water partition coefficient (Wildman–Crippen LogP) is 2.07. The third-order valence-electron chi connectivity index (χ3n) is 4.03. The van der Waals surface area contributed by atoms with E-state index in [0.29, 0.717) is 5.92 Å². The first-order valence-electron chi connectivity index (χ1n) is 7.18. The minimum Gasteiger partial charge on any atom is -0.497 e. The van der Waals surface area contributed by atoms with Gasteiger partial charge < -0.3 is 15.5 Å². The second-order valence-corrected chi connectivity index (χ2v) is 5.48. The van der Waals surface area contributed by atoms with Gasteiger partial charge >= 0.3 is 0 Å². The van der Waals surface area contributed by atoms with Crippen LogP contribution in [-0.4, -0.2) is 23.6 Å². The molecular formula is C16H21N3O. The van der Waals surface area contributed by atoms with Gasteiger partial charge in [-0.15, -0.1) is 0 Å². The second kappa shape index (κ2) is 5.67. The Bertz CT molecular complexity index is 591. The van der Waals surface area contributed by atoms with Crippen molar-refractivity contribution < 1.29 is 4.74 Å². The number of H-pyrrole nitrogens is 1. The number of nitrogens with one attached hydrogen (secondary N) is 1. The molecule has 0 saturated heterocycles. The summed E-state index contributed by atoms with van der Waals surface area (Å²) in [6.07, 6.45) is 4.06. The number of imidazole rings is 1. The highest BCUT2D eigenvalue weighted by Crippen LogP contribution is 2.24. The van der Waals surface area contributed by atoms with Crippen molar-refractivity contribution in [1.82, 2.24) is 9.97 Å². The van der Waals surface area contributed by atoms with Gasteiger partial charge in [0.2, 0.25) is 0 Å². The maximum atomic E-state index is 5.77. The zero-order valence-electron chi connectivity index (χ0n) is 11.9. The summed E-state index contributed by atoms with van der Waals surface area (Å²) in [6.45, 7) is 0.768. The fourth-order valence-electron chi connectivity index (χ4n) is 2.87. The molecule has 0 radical (unpaired) electrons. The lowest BCUT2D eigenvalue weighted by Gasteiger charge is -2.18. The van der Waals surface area contributed by atoms with Gasteiger partial charge in [0.25, 0.3) is 0 Å². The fraction of sp³-hybridized carbons (Fsp3) is 0.438. The summed E-state index contributed by atoms with van der Waals surface area (Å²) in [6, 6.07) is 8.14. The molecular weight excluding hydrogens is 250 g/mol. The molecule has 20 heavy (non-hydrogen) atoms. The molecule has 4 heteroatoms. The van der Waals surface area contributed by atoms with Gasteiger partial charge in [0.1, 0.15) is 11.6 Å². The van der Waals surface area contributed by atoms with E-state index in [1.165, 1.54) is 17.0 Å². The van der Waals surface area contributed by atoms with Crippen LogP contribution in [0.5, 0.6) is 5.75 Å². The molecule has 0 amide bonds. The molecule has 106 valence electrons. The molecule has 1 aliphatic rings. The van der Waals surface area contributed by atoms with Crippen LogP contribution in [0.15, 0.2) is 24.3 Å². The highest BCUT2D eigenvalue weighted by molar-refractivity contribution is 5.31. The first kappa shape index (κ1) is 13.2. The maximum absolute atomic E-state index is 5.77.